The van der Waals surface area contributed by atoms with Gasteiger partial charge in [0.25, 0.3) is 12.3 Å². The molecule has 1 saturated carbocycles. The highest BCUT2D eigenvalue weighted by Crippen LogP contribution is 2.40. The third kappa shape index (κ3) is 4.27. The van der Waals surface area contributed by atoms with Crippen LogP contribution in [-0.2, 0) is 6.54 Å². The molecule has 1 N–H and O–H groups in total. The fourth-order valence-corrected chi connectivity index (χ4v) is 4.10. The largest absolute Gasteiger partial charge is 0.321 e. The van der Waals surface area contributed by atoms with E-state index in [1.165, 1.54) is 12.1 Å². The SMILES string of the molecule is Cc1nn(Cc2cccc(NC(=O)c3cc4nc(C5CC5)cc(C(F)F)n4n3)c2)c(C)c1Br. The van der Waals surface area contributed by atoms with Crippen molar-refractivity contribution in [3.05, 3.63) is 74.9 Å². The summed E-state index contributed by atoms with van der Waals surface area (Å²) in [7, 11) is 0. The Morgan fingerprint density at radius 1 is 1.21 bits per heavy atom. The van der Waals surface area contributed by atoms with Crippen molar-refractivity contribution >= 4 is 33.2 Å². The summed E-state index contributed by atoms with van der Waals surface area (Å²) in [5.74, 6) is -0.273. The van der Waals surface area contributed by atoms with Crippen LogP contribution in [0, 0.1) is 13.8 Å². The molecule has 0 unspecified atom stereocenters. The molecule has 0 bridgehead atoms. The van der Waals surface area contributed by atoms with Gasteiger partial charge in [-0.1, -0.05) is 12.1 Å². The molecule has 0 atom stereocenters. The average molecular weight is 515 g/mol. The first-order chi connectivity index (χ1) is 15.8. The van der Waals surface area contributed by atoms with Crippen LogP contribution in [0.2, 0.25) is 0 Å². The third-order valence-corrected chi connectivity index (χ3v) is 6.88. The normalized spacial score (nSPS) is 13.8. The quantitative estimate of drug-likeness (QED) is 0.372. The maximum Gasteiger partial charge on any atom is 0.280 e. The van der Waals surface area contributed by atoms with E-state index in [2.05, 4.69) is 36.4 Å². The number of nitrogens with one attached hydrogen (secondary N) is 1. The maximum absolute atomic E-state index is 13.6. The number of hydrogen-bond acceptors (Lipinski definition) is 4. The lowest BCUT2D eigenvalue weighted by atomic mass is 10.2. The molecule has 33 heavy (non-hydrogen) atoms. The Bertz CT molecular complexity index is 1380. The number of carbonyl (C=O) groups excluding carboxylic acids is 1. The van der Waals surface area contributed by atoms with Crippen molar-refractivity contribution in [1.29, 1.82) is 0 Å². The second-order valence-corrected chi connectivity index (χ2v) is 9.07. The smallest absolute Gasteiger partial charge is 0.280 e. The first-order valence-electron chi connectivity index (χ1n) is 10.6. The fourth-order valence-electron chi connectivity index (χ4n) is 3.82. The Kier molecular flexibility index (Phi) is 5.48. The van der Waals surface area contributed by atoms with E-state index in [1.807, 2.05) is 36.7 Å². The molecule has 1 fully saturated rings. The number of nitrogens with zero attached hydrogens (tertiary/aromatic N) is 5. The highest BCUT2D eigenvalue weighted by molar-refractivity contribution is 9.10. The monoisotopic (exact) mass is 514 g/mol. The van der Waals surface area contributed by atoms with Gasteiger partial charge in [0.15, 0.2) is 11.3 Å². The van der Waals surface area contributed by atoms with Crippen molar-refractivity contribution in [3.8, 4) is 0 Å². The lowest BCUT2D eigenvalue weighted by molar-refractivity contribution is 0.102. The summed E-state index contributed by atoms with van der Waals surface area (Å²) < 4.78 is 31.1. The van der Waals surface area contributed by atoms with Crippen molar-refractivity contribution in [3.63, 3.8) is 0 Å². The van der Waals surface area contributed by atoms with E-state index < -0.39 is 12.3 Å². The van der Waals surface area contributed by atoms with Gasteiger partial charge >= 0.3 is 0 Å². The maximum atomic E-state index is 13.6. The molecule has 1 aliphatic rings. The summed E-state index contributed by atoms with van der Waals surface area (Å²) in [6, 6.07) is 10.3. The molecular weight excluding hydrogens is 494 g/mol. The molecule has 1 aliphatic carbocycles. The molecule has 170 valence electrons. The molecule has 0 saturated heterocycles. The number of carbonyl (C=O) groups is 1. The molecule has 5 rings (SSSR count). The number of aryl methyl sites for hydroxylation is 1. The Morgan fingerprint density at radius 3 is 2.67 bits per heavy atom. The highest BCUT2D eigenvalue weighted by atomic mass is 79.9. The van der Waals surface area contributed by atoms with E-state index in [-0.39, 0.29) is 23.0 Å². The molecule has 3 heterocycles. The van der Waals surface area contributed by atoms with E-state index in [1.54, 1.807) is 6.07 Å². The van der Waals surface area contributed by atoms with E-state index in [0.717, 1.165) is 38.8 Å². The Hall–Kier alpha value is -3.14. The summed E-state index contributed by atoms with van der Waals surface area (Å²) in [5.41, 5.74) is 4.12. The first kappa shape index (κ1) is 21.7. The second-order valence-electron chi connectivity index (χ2n) is 8.28. The van der Waals surface area contributed by atoms with Crippen LogP contribution in [0.5, 0.6) is 0 Å². The zero-order chi connectivity index (χ0) is 23.3. The molecular formula is C23H21BrF2N6O. The zero-order valence-electron chi connectivity index (χ0n) is 18.0. The molecule has 0 aliphatic heterocycles. The molecule has 7 nitrogen and oxygen atoms in total. The summed E-state index contributed by atoms with van der Waals surface area (Å²) in [5, 5.41) is 11.4. The van der Waals surface area contributed by atoms with Crippen molar-refractivity contribution in [2.24, 2.45) is 0 Å². The average Bonchev–Trinajstić information content (AvgIpc) is 3.50. The Labute approximate surface area is 197 Å². The van der Waals surface area contributed by atoms with Crippen molar-refractivity contribution < 1.29 is 13.6 Å². The Morgan fingerprint density at radius 2 is 2.00 bits per heavy atom. The van der Waals surface area contributed by atoms with Crippen LogP contribution in [-0.4, -0.2) is 30.3 Å². The van der Waals surface area contributed by atoms with Crippen LogP contribution in [0.25, 0.3) is 5.65 Å². The van der Waals surface area contributed by atoms with Gasteiger partial charge in [-0.05, 0) is 66.4 Å². The molecule has 0 spiro atoms. The lowest BCUT2D eigenvalue weighted by Gasteiger charge is -2.08. The molecule has 1 aromatic carbocycles. The van der Waals surface area contributed by atoms with Crippen molar-refractivity contribution in [1.82, 2.24) is 24.4 Å². The minimum atomic E-state index is -2.71. The Balaban J connectivity index is 1.39. The van der Waals surface area contributed by atoms with E-state index >= 15 is 0 Å². The van der Waals surface area contributed by atoms with Gasteiger partial charge in [-0.3, -0.25) is 9.48 Å². The third-order valence-electron chi connectivity index (χ3n) is 5.74. The molecule has 3 aromatic heterocycles. The number of amides is 1. The van der Waals surface area contributed by atoms with Gasteiger partial charge < -0.3 is 5.32 Å². The van der Waals surface area contributed by atoms with Gasteiger partial charge in [-0.15, -0.1) is 0 Å². The standard InChI is InChI=1S/C23H21BrF2N6O/c1-12-21(24)13(2)31(29-12)11-14-4-3-5-16(8-14)27-23(33)18-10-20-28-17(15-6-7-15)9-19(22(25)26)32(20)30-18/h3-5,8-10,15,22H,6-7,11H2,1-2H3,(H,27,33). The first-order valence-corrected chi connectivity index (χ1v) is 11.4. The van der Waals surface area contributed by atoms with Crippen LogP contribution in [0.4, 0.5) is 14.5 Å². The second kappa shape index (κ2) is 8.33. The van der Waals surface area contributed by atoms with Crippen LogP contribution in [0.3, 0.4) is 0 Å². The van der Waals surface area contributed by atoms with Crippen molar-refractivity contribution in [2.75, 3.05) is 5.32 Å². The molecule has 0 radical (unpaired) electrons. The van der Waals surface area contributed by atoms with Gasteiger partial charge in [0.1, 0.15) is 5.69 Å². The van der Waals surface area contributed by atoms with Gasteiger partial charge in [-0.25, -0.2) is 18.3 Å². The van der Waals surface area contributed by atoms with Crippen LogP contribution in [0.15, 0.2) is 40.9 Å². The van der Waals surface area contributed by atoms with Crippen LogP contribution in [0.1, 0.15) is 64.0 Å². The fraction of sp³-hybridized carbons (Fsp3) is 0.304. The number of benzene rings is 1. The van der Waals surface area contributed by atoms with Gasteiger partial charge in [0.2, 0.25) is 0 Å². The molecule has 4 aromatic rings. The lowest BCUT2D eigenvalue weighted by Crippen LogP contribution is -2.13. The molecule has 10 heteroatoms. The number of fused-ring (bicyclic) bond motifs is 1. The van der Waals surface area contributed by atoms with Crippen LogP contribution >= 0.6 is 15.9 Å². The number of alkyl halides is 2. The minimum Gasteiger partial charge on any atom is -0.321 e. The highest BCUT2D eigenvalue weighted by Gasteiger charge is 2.28. The zero-order valence-corrected chi connectivity index (χ0v) is 19.6. The minimum absolute atomic E-state index is 0.0326. The van der Waals surface area contributed by atoms with Crippen molar-refractivity contribution in [2.45, 2.75) is 45.6 Å². The van der Waals surface area contributed by atoms with Crippen LogP contribution < -0.4 is 5.32 Å². The topological polar surface area (TPSA) is 77.1 Å². The number of hydrogen-bond donors (Lipinski definition) is 1. The number of rotatable bonds is 6. The number of aromatic nitrogens is 5. The predicted octanol–water partition coefficient (Wildman–Crippen LogP) is 5.42. The van der Waals surface area contributed by atoms with Gasteiger partial charge in [-0.2, -0.15) is 10.2 Å². The summed E-state index contributed by atoms with van der Waals surface area (Å²) in [6.45, 7) is 4.46. The van der Waals surface area contributed by atoms with E-state index in [4.69, 9.17) is 0 Å². The number of anilines is 1. The summed E-state index contributed by atoms with van der Waals surface area (Å²) in [4.78, 5) is 17.3. The van der Waals surface area contributed by atoms with Gasteiger partial charge in [0.05, 0.1) is 22.4 Å². The number of halogens is 3. The predicted molar refractivity (Wildman–Crippen MR) is 123 cm³/mol. The summed E-state index contributed by atoms with van der Waals surface area (Å²) >= 11 is 3.53. The molecule has 1 amide bonds. The summed E-state index contributed by atoms with van der Waals surface area (Å²) in [6.07, 6.45) is -0.828. The van der Waals surface area contributed by atoms with E-state index in [9.17, 15) is 13.6 Å². The van der Waals surface area contributed by atoms with E-state index in [0.29, 0.717) is 17.9 Å². The van der Waals surface area contributed by atoms with Gasteiger partial charge in [0, 0.05) is 23.4 Å².